The lowest BCUT2D eigenvalue weighted by Gasteiger charge is -2.34. The zero-order valence-corrected chi connectivity index (χ0v) is 13.6. The Bertz CT molecular complexity index is 624. The van der Waals surface area contributed by atoms with Gasteiger partial charge < -0.3 is 9.72 Å². The summed E-state index contributed by atoms with van der Waals surface area (Å²) in [4.78, 5) is 14.9. The molecule has 1 fully saturated rings. The Kier molecular flexibility index (Phi) is 4.43. The lowest BCUT2D eigenvalue weighted by Crippen LogP contribution is -2.34. The van der Waals surface area contributed by atoms with Gasteiger partial charge in [0.25, 0.3) is 0 Å². The van der Waals surface area contributed by atoms with Crippen LogP contribution in [0.25, 0.3) is 0 Å². The van der Waals surface area contributed by atoms with Crippen molar-refractivity contribution in [3.05, 3.63) is 41.2 Å². The summed E-state index contributed by atoms with van der Waals surface area (Å²) < 4.78 is 5.53. The molecule has 0 spiro atoms. The van der Waals surface area contributed by atoms with Gasteiger partial charge in [-0.05, 0) is 33.2 Å². The minimum Gasteiger partial charge on any atom is -0.496 e. The number of imidazole rings is 1. The minimum atomic E-state index is 0.359. The third-order valence-electron chi connectivity index (χ3n) is 4.55. The summed E-state index contributed by atoms with van der Waals surface area (Å²) in [5.74, 6) is 2.02. The number of likely N-dealkylation sites (tertiary alicyclic amines) is 1. The van der Waals surface area contributed by atoms with Crippen LogP contribution in [-0.4, -0.2) is 33.5 Å². The van der Waals surface area contributed by atoms with Gasteiger partial charge in [0.15, 0.2) is 0 Å². The fraction of sp³-hybridized carbons (Fsp3) is 0.529. The molecule has 22 heavy (non-hydrogen) atoms. The Labute approximate surface area is 131 Å². The van der Waals surface area contributed by atoms with E-state index in [-0.39, 0.29) is 0 Å². The van der Waals surface area contributed by atoms with Crippen LogP contribution in [0.2, 0.25) is 0 Å². The van der Waals surface area contributed by atoms with Crippen LogP contribution in [0.1, 0.15) is 47.9 Å². The van der Waals surface area contributed by atoms with E-state index < -0.39 is 0 Å². The van der Waals surface area contributed by atoms with Crippen molar-refractivity contribution in [3.63, 3.8) is 0 Å². The number of ether oxygens (including phenoxy) is 1. The van der Waals surface area contributed by atoms with E-state index in [1.807, 2.05) is 25.5 Å². The van der Waals surface area contributed by atoms with Crippen LogP contribution >= 0.6 is 0 Å². The molecule has 0 bridgehead atoms. The van der Waals surface area contributed by atoms with Crippen molar-refractivity contribution in [2.24, 2.45) is 0 Å². The Morgan fingerprint density at radius 2 is 2.18 bits per heavy atom. The summed E-state index contributed by atoms with van der Waals surface area (Å²) in [5, 5.41) is 0. The van der Waals surface area contributed by atoms with Gasteiger partial charge in [-0.15, -0.1) is 0 Å². The number of aromatic amines is 1. The van der Waals surface area contributed by atoms with E-state index in [9.17, 15) is 0 Å². The molecule has 1 atom stereocenters. The largest absolute Gasteiger partial charge is 0.496 e. The molecule has 3 heterocycles. The number of H-pyrrole nitrogens is 1. The van der Waals surface area contributed by atoms with Gasteiger partial charge in [-0.3, -0.25) is 9.88 Å². The van der Waals surface area contributed by atoms with Gasteiger partial charge in [-0.25, -0.2) is 4.98 Å². The fourth-order valence-corrected chi connectivity index (χ4v) is 3.37. The van der Waals surface area contributed by atoms with Crippen LogP contribution in [0.4, 0.5) is 0 Å². The van der Waals surface area contributed by atoms with Crippen molar-refractivity contribution in [1.29, 1.82) is 0 Å². The SMILES string of the molecule is COc1c(C)cnc(CN2CCCC[C@H]2c2ncc[nH]2)c1C. The first-order valence-electron chi connectivity index (χ1n) is 7.93. The van der Waals surface area contributed by atoms with Crippen molar-refractivity contribution >= 4 is 0 Å². The zero-order chi connectivity index (χ0) is 15.5. The molecule has 0 unspecified atom stereocenters. The molecule has 1 N–H and O–H groups in total. The molecule has 0 radical (unpaired) electrons. The Morgan fingerprint density at radius 1 is 1.32 bits per heavy atom. The minimum absolute atomic E-state index is 0.359. The number of hydrogen-bond donors (Lipinski definition) is 1. The first-order valence-corrected chi connectivity index (χ1v) is 7.93. The van der Waals surface area contributed by atoms with Crippen LogP contribution in [-0.2, 0) is 6.54 Å². The number of methoxy groups -OCH3 is 1. The smallest absolute Gasteiger partial charge is 0.128 e. The van der Waals surface area contributed by atoms with Gasteiger partial charge in [0.05, 0.1) is 18.8 Å². The maximum Gasteiger partial charge on any atom is 0.128 e. The lowest BCUT2D eigenvalue weighted by molar-refractivity contribution is 0.132. The Balaban J connectivity index is 1.85. The third kappa shape index (κ3) is 2.86. The van der Waals surface area contributed by atoms with Crippen molar-refractivity contribution in [1.82, 2.24) is 19.9 Å². The molecule has 0 aliphatic carbocycles. The lowest BCUT2D eigenvalue weighted by atomic mass is 10.0. The van der Waals surface area contributed by atoms with E-state index in [2.05, 4.69) is 26.8 Å². The molecule has 5 heteroatoms. The molecule has 3 rings (SSSR count). The van der Waals surface area contributed by atoms with Crippen molar-refractivity contribution in [3.8, 4) is 5.75 Å². The summed E-state index contributed by atoms with van der Waals surface area (Å²) in [5.41, 5.74) is 3.33. The molecule has 1 aliphatic heterocycles. The molecule has 118 valence electrons. The summed E-state index contributed by atoms with van der Waals surface area (Å²) in [6.45, 7) is 6.06. The van der Waals surface area contributed by atoms with Crippen LogP contribution in [0.15, 0.2) is 18.6 Å². The van der Waals surface area contributed by atoms with Crippen LogP contribution in [0.3, 0.4) is 0 Å². The third-order valence-corrected chi connectivity index (χ3v) is 4.55. The predicted octanol–water partition coefficient (Wildman–Crippen LogP) is 3.16. The van der Waals surface area contributed by atoms with Crippen LogP contribution in [0, 0.1) is 13.8 Å². The second-order valence-corrected chi connectivity index (χ2v) is 6.00. The van der Waals surface area contributed by atoms with E-state index in [0.29, 0.717) is 6.04 Å². The number of pyridine rings is 1. The van der Waals surface area contributed by atoms with Gasteiger partial charge >= 0.3 is 0 Å². The van der Waals surface area contributed by atoms with E-state index in [1.54, 1.807) is 7.11 Å². The molecule has 0 aromatic carbocycles. The van der Waals surface area contributed by atoms with Gasteiger partial charge in [-0.2, -0.15) is 0 Å². The standard InChI is InChI=1S/C17H24N4O/c1-12-10-20-14(13(2)16(12)22-3)11-21-9-5-4-6-15(21)17-18-7-8-19-17/h7-8,10,15H,4-6,9,11H2,1-3H3,(H,18,19)/t15-/m0/s1. The predicted molar refractivity (Wildman–Crippen MR) is 85.9 cm³/mol. The molecular weight excluding hydrogens is 276 g/mol. The highest BCUT2D eigenvalue weighted by Gasteiger charge is 2.26. The van der Waals surface area contributed by atoms with E-state index in [0.717, 1.165) is 47.9 Å². The Morgan fingerprint density at radius 3 is 2.91 bits per heavy atom. The molecule has 5 nitrogen and oxygen atoms in total. The molecule has 1 aliphatic rings. The molecule has 2 aromatic rings. The van der Waals surface area contributed by atoms with Gasteiger partial charge in [-0.1, -0.05) is 6.42 Å². The molecule has 0 amide bonds. The molecular formula is C17H24N4O. The maximum atomic E-state index is 5.53. The number of nitrogens with one attached hydrogen (secondary N) is 1. The number of rotatable bonds is 4. The molecule has 0 saturated carbocycles. The first kappa shape index (κ1) is 15.0. The first-order chi connectivity index (χ1) is 10.7. The van der Waals surface area contributed by atoms with Gasteiger partial charge in [0.2, 0.25) is 0 Å². The van der Waals surface area contributed by atoms with E-state index in [4.69, 9.17) is 4.74 Å². The number of hydrogen-bond acceptors (Lipinski definition) is 4. The average Bonchev–Trinajstić information content (AvgIpc) is 3.05. The maximum absolute atomic E-state index is 5.53. The highest BCUT2D eigenvalue weighted by molar-refractivity contribution is 5.41. The number of aromatic nitrogens is 3. The zero-order valence-electron chi connectivity index (χ0n) is 13.6. The quantitative estimate of drug-likeness (QED) is 0.942. The second kappa shape index (κ2) is 6.48. The highest BCUT2D eigenvalue weighted by atomic mass is 16.5. The second-order valence-electron chi connectivity index (χ2n) is 6.00. The summed E-state index contributed by atoms with van der Waals surface area (Å²) in [7, 11) is 1.73. The number of aryl methyl sites for hydroxylation is 1. The summed E-state index contributed by atoms with van der Waals surface area (Å²) >= 11 is 0. The van der Waals surface area contributed by atoms with Crippen molar-refractivity contribution < 1.29 is 4.74 Å². The van der Waals surface area contributed by atoms with Crippen molar-refractivity contribution in [2.45, 2.75) is 45.7 Å². The summed E-state index contributed by atoms with van der Waals surface area (Å²) in [6, 6.07) is 0.359. The molecule has 1 saturated heterocycles. The highest BCUT2D eigenvalue weighted by Crippen LogP contribution is 2.32. The van der Waals surface area contributed by atoms with Crippen LogP contribution < -0.4 is 4.74 Å². The van der Waals surface area contributed by atoms with E-state index >= 15 is 0 Å². The van der Waals surface area contributed by atoms with Crippen LogP contribution in [0.5, 0.6) is 5.75 Å². The average molecular weight is 300 g/mol. The number of piperidine rings is 1. The van der Waals surface area contributed by atoms with E-state index in [1.165, 1.54) is 12.8 Å². The fourth-order valence-electron chi connectivity index (χ4n) is 3.37. The van der Waals surface area contributed by atoms with Gasteiger partial charge in [0, 0.05) is 36.3 Å². The normalized spacial score (nSPS) is 19.3. The Hall–Kier alpha value is -1.88. The topological polar surface area (TPSA) is 54.0 Å². The number of nitrogens with zero attached hydrogens (tertiary/aromatic N) is 3. The molecule has 2 aromatic heterocycles. The summed E-state index contributed by atoms with van der Waals surface area (Å²) in [6.07, 6.45) is 9.29. The van der Waals surface area contributed by atoms with Gasteiger partial charge in [0.1, 0.15) is 11.6 Å². The monoisotopic (exact) mass is 300 g/mol. The van der Waals surface area contributed by atoms with Crippen molar-refractivity contribution in [2.75, 3.05) is 13.7 Å².